The smallest absolute Gasteiger partial charge is 0.211 e. The van der Waals surface area contributed by atoms with Gasteiger partial charge in [-0.05, 0) is 67.1 Å². The first-order chi connectivity index (χ1) is 17.0. The third-order valence-electron chi connectivity index (χ3n) is 6.49. The van der Waals surface area contributed by atoms with Crippen molar-refractivity contribution in [1.29, 1.82) is 0 Å². The molecular weight excluding hydrogens is 441 g/mol. The van der Waals surface area contributed by atoms with Crippen LogP contribution < -0.4 is 20.9 Å². The molecule has 178 valence electrons. The number of pyridine rings is 1. The molecule has 0 bridgehead atoms. The molecule has 2 aliphatic heterocycles. The van der Waals surface area contributed by atoms with E-state index in [0.717, 1.165) is 54.1 Å². The van der Waals surface area contributed by atoms with Crippen LogP contribution in [0.4, 0.5) is 27.1 Å². The molecule has 2 aliphatic rings. The number of rotatable bonds is 5. The lowest BCUT2D eigenvalue weighted by atomic mass is 9.74. The highest BCUT2D eigenvalue weighted by Gasteiger charge is 2.47. The molecule has 2 saturated heterocycles. The summed E-state index contributed by atoms with van der Waals surface area (Å²) in [5.74, 6) is -0.257. The van der Waals surface area contributed by atoms with Crippen molar-refractivity contribution in [1.82, 2.24) is 10.3 Å². The number of fused-ring (bicyclic) bond motifs is 1. The fourth-order valence-electron chi connectivity index (χ4n) is 4.61. The minimum Gasteiger partial charge on any atom is -0.370 e. The van der Waals surface area contributed by atoms with Gasteiger partial charge in [0.1, 0.15) is 5.82 Å². The number of halogens is 1. The molecule has 0 unspecified atom stereocenters. The number of anilines is 4. The standard InChI is InChI=1S/C16H13FN2.C12H15N3O/c1-11-3-2-4-13(9-11)19-16-7-8-18-15-6-5-12(17)10-14(15)16;16-9-14-10-2-1-3-11(4-10)15-7-12(8-15)5-13-6-12/h2-10H,1H3,(H,18,19);1-4,9,13H,5-8H2,(H,14,16). The van der Waals surface area contributed by atoms with Crippen LogP contribution in [0.5, 0.6) is 0 Å². The highest BCUT2D eigenvalue weighted by molar-refractivity contribution is 5.92. The molecule has 6 rings (SSSR count). The number of amides is 1. The molecule has 3 aromatic carbocycles. The van der Waals surface area contributed by atoms with Gasteiger partial charge in [-0.1, -0.05) is 18.2 Å². The van der Waals surface area contributed by atoms with Crippen LogP contribution in [0.1, 0.15) is 5.56 Å². The van der Waals surface area contributed by atoms with Gasteiger partial charge in [0.15, 0.2) is 0 Å². The maximum absolute atomic E-state index is 13.4. The molecule has 7 heteroatoms. The summed E-state index contributed by atoms with van der Waals surface area (Å²) in [5, 5.41) is 10.1. The number of aryl methyl sites for hydroxylation is 1. The molecule has 3 heterocycles. The molecule has 2 fully saturated rings. The molecule has 35 heavy (non-hydrogen) atoms. The van der Waals surface area contributed by atoms with E-state index in [-0.39, 0.29) is 5.82 Å². The van der Waals surface area contributed by atoms with Gasteiger partial charge < -0.3 is 20.9 Å². The van der Waals surface area contributed by atoms with Crippen molar-refractivity contribution in [2.45, 2.75) is 6.92 Å². The molecule has 4 aromatic rings. The minimum absolute atomic E-state index is 0.257. The van der Waals surface area contributed by atoms with Crippen molar-refractivity contribution in [2.75, 3.05) is 41.7 Å². The lowest BCUT2D eigenvalue weighted by Gasteiger charge is -2.57. The fourth-order valence-corrected chi connectivity index (χ4v) is 4.61. The predicted molar refractivity (Wildman–Crippen MR) is 140 cm³/mol. The topological polar surface area (TPSA) is 69.3 Å². The summed E-state index contributed by atoms with van der Waals surface area (Å²) in [5.41, 5.74) is 6.39. The van der Waals surface area contributed by atoms with Crippen molar-refractivity contribution >= 4 is 40.1 Å². The Morgan fingerprint density at radius 1 is 1.00 bits per heavy atom. The quantitative estimate of drug-likeness (QED) is 0.355. The first-order valence-corrected chi connectivity index (χ1v) is 11.7. The van der Waals surface area contributed by atoms with Crippen LogP contribution in [0, 0.1) is 18.2 Å². The molecule has 1 spiro atoms. The van der Waals surface area contributed by atoms with E-state index in [4.69, 9.17) is 0 Å². The zero-order valence-corrected chi connectivity index (χ0v) is 19.6. The van der Waals surface area contributed by atoms with Crippen molar-refractivity contribution in [3.8, 4) is 0 Å². The molecular formula is C28H28FN5O. The normalized spacial score (nSPS) is 15.4. The average Bonchev–Trinajstić information content (AvgIpc) is 2.79. The summed E-state index contributed by atoms with van der Waals surface area (Å²) in [6.45, 7) is 6.59. The molecule has 0 radical (unpaired) electrons. The first kappa shape index (κ1) is 22.8. The van der Waals surface area contributed by atoms with Gasteiger partial charge in [-0.2, -0.15) is 0 Å². The second kappa shape index (κ2) is 9.72. The molecule has 6 nitrogen and oxygen atoms in total. The van der Waals surface area contributed by atoms with E-state index in [1.165, 1.54) is 23.4 Å². The van der Waals surface area contributed by atoms with Gasteiger partial charge in [-0.25, -0.2) is 4.39 Å². The van der Waals surface area contributed by atoms with Crippen LogP contribution in [0.2, 0.25) is 0 Å². The van der Waals surface area contributed by atoms with Gasteiger partial charge >= 0.3 is 0 Å². The van der Waals surface area contributed by atoms with Crippen molar-refractivity contribution in [2.24, 2.45) is 5.41 Å². The van der Waals surface area contributed by atoms with Crippen molar-refractivity contribution < 1.29 is 9.18 Å². The Morgan fingerprint density at radius 3 is 2.54 bits per heavy atom. The molecule has 3 N–H and O–H groups in total. The van der Waals surface area contributed by atoms with E-state index in [1.807, 2.05) is 55.5 Å². The van der Waals surface area contributed by atoms with Crippen LogP contribution in [0.15, 0.2) is 79.0 Å². The van der Waals surface area contributed by atoms with E-state index in [9.17, 15) is 9.18 Å². The van der Waals surface area contributed by atoms with Gasteiger partial charge in [0.2, 0.25) is 6.41 Å². The van der Waals surface area contributed by atoms with Crippen LogP contribution in [0.3, 0.4) is 0 Å². The molecule has 1 aromatic heterocycles. The highest BCUT2D eigenvalue weighted by atomic mass is 19.1. The van der Waals surface area contributed by atoms with Crippen LogP contribution in [-0.4, -0.2) is 37.6 Å². The van der Waals surface area contributed by atoms with E-state index in [0.29, 0.717) is 11.8 Å². The van der Waals surface area contributed by atoms with Crippen LogP contribution in [0.25, 0.3) is 10.9 Å². The molecule has 0 atom stereocenters. The Hall–Kier alpha value is -3.97. The highest BCUT2D eigenvalue weighted by Crippen LogP contribution is 2.37. The number of nitrogens with one attached hydrogen (secondary N) is 3. The Balaban J connectivity index is 0.000000147. The summed E-state index contributed by atoms with van der Waals surface area (Å²) in [7, 11) is 0. The van der Waals surface area contributed by atoms with E-state index < -0.39 is 0 Å². The van der Waals surface area contributed by atoms with Gasteiger partial charge in [0.05, 0.1) is 5.52 Å². The Bertz CT molecular complexity index is 1350. The van der Waals surface area contributed by atoms with E-state index in [1.54, 1.807) is 12.3 Å². The maximum atomic E-state index is 13.4. The van der Waals surface area contributed by atoms with Gasteiger partial charge in [0, 0.05) is 65.9 Å². The Kier molecular flexibility index (Phi) is 6.33. The first-order valence-electron chi connectivity index (χ1n) is 11.7. The maximum Gasteiger partial charge on any atom is 0.211 e. The number of aromatic nitrogens is 1. The summed E-state index contributed by atoms with van der Waals surface area (Å²) < 4.78 is 13.4. The van der Waals surface area contributed by atoms with Crippen LogP contribution >= 0.6 is 0 Å². The molecule has 0 aliphatic carbocycles. The monoisotopic (exact) mass is 469 g/mol. The zero-order chi connectivity index (χ0) is 24.3. The van der Waals surface area contributed by atoms with Crippen molar-refractivity contribution in [3.05, 3.63) is 90.4 Å². The second-order valence-electron chi connectivity index (χ2n) is 9.29. The molecule has 0 saturated carbocycles. The lowest BCUT2D eigenvalue weighted by molar-refractivity contribution is -0.105. The third kappa shape index (κ3) is 5.10. The predicted octanol–water partition coefficient (Wildman–Crippen LogP) is 5.09. The van der Waals surface area contributed by atoms with E-state index in [2.05, 4.69) is 31.9 Å². The lowest BCUT2D eigenvalue weighted by Crippen LogP contribution is -2.71. The largest absolute Gasteiger partial charge is 0.370 e. The zero-order valence-electron chi connectivity index (χ0n) is 19.6. The summed E-state index contributed by atoms with van der Waals surface area (Å²) in [6.07, 6.45) is 2.44. The Labute approximate surface area is 204 Å². The number of nitrogens with zero attached hydrogens (tertiary/aromatic N) is 2. The summed E-state index contributed by atoms with van der Waals surface area (Å²) in [4.78, 5) is 17.0. The van der Waals surface area contributed by atoms with Gasteiger partial charge in [0.25, 0.3) is 0 Å². The Morgan fingerprint density at radius 2 is 1.80 bits per heavy atom. The van der Waals surface area contributed by atoms with Gasteiger partial charge in [-0.3, -0.25) is 9.78 Å². The fraction of sp³-hybridized carbons (Fsp3) is 0.214. The molecule has 1 amide bonds. The summed E-state index contributed by atoms with van der Waals surface area (Å²) in [6, 6.07) is 22.5. The van der Waals surface area contributed by atoms with E-state index >= 15 is 0 Å². The SMILES string of the molecule is Cc1cccc(Nc2ccnc3ccc(F)cc23)c1.O=CNc1cccc(N2CC3(CNC3)C2)c1. The van der Waals surface area contributed by atoms with Crippen molar-refractivity contribution in [3.63, 3.8) is 0 Å². The number of carbonyl (C=O) groups excluding carboxylic acids is 1. The third-order valence-corrected chi connectivity index (χ3v) is 6.49. The number of hydrogen-bond donors (Lipinski definition) is 3. The number of hydrogen-bond acceptors (Lipinski definition) is 5. The second-order valence-corrected chi connectivity index (χ2v) is 9.29. The number of benzene rings is 3. The number of carbonyl (C=O) groups is 1. The summed E-state index contributed by atoms with van der Waals surface area (Å²) >= 11 is 0. The van der Waals surface area contributed by atoms with Gasteiger partial charge in [-0.15, -0.1) is 0 Å². The van der Waals surface area contributed by atoms with Crippen LogP contribution in [-0.2, 0) is 4.79 Å². The minimum atomic E-state index is -0.257. The average molecular weight is 470 g/mol.